The van der Waals surface area contributed by atoms with Crippen molar-refractivity contribution in [3.05, 3.63) is 76.0 Å². The molecule has 1 aliphatic carbocycles. The van der Waals surface area contributed by atoms with E-state index in [4.69, 9.17) is 16.3 Å². The predicted molar refractivity (Wildman–Crippen MR) is 117 cm³/mol. The van der Waals surface area contributed by atoms with Gasteiger partial charge in [0, 0.05) is 17.5 Å². The van der Waals surface area contributed by atoms with E-state index >= 15 is 0 Å². The van der Waals surface area contributed by atoms with Crippen molar-refractivity contribution in [2.24, 2.45) is 5.92 Å². The highest BCUT2D eigenvalue weighted by atomic mass is 35.5. The van der Waals surface area contributed by atoms with Crippen molar-refractivity contribution in [1.29, 1.82) is 0 Å². The minimum Gasteiger partial charge on any atom is -0.483 e. The summed E-state index contributed by atoms with van der Waals surface area (Å²) in [4.78, 5) is 25.2. The fourth-order valence-electron chi connectivity index (χ4n) is 4.11. The molecule has 4 rings (SSSR count). The minimum absolute atomic E-state index is 0.0335. The van der Waals surface area contributed by atoms with Crippen molar-refractivity contribution in [2.45, 2.75) is 44.9 Å². The standard InChI is InChI=1S/C24H25ClN2O3/c1-15-5-2-3-7-18(15)14-26-23(28)17-9-10-21-20(13-17)27-24(29)22(30-21)12-16-6-4-8-19(25)11-16/h2-8,11-12,17,20-21H,9-10,13-14H2,1H3,(H,26,28)(H,27,29)/b22-12+. The van der Waals surface area contributed by atoms with Crippen LogP contribution in [-0.4, -0.2) is 24.0 Å². The van der Waals surface area contributed by atoms with Crippen LogP contribution in [0.3, 0.4) is 0 Å². The molecule has 1 saturated carbocycles. The molecule has 3 atom stereocenters. The number of amides is 2. The molecule has 30 heavy (non-hydrogen) atoms. The molecule has 6 heteroatoms. The van der Waals surface area contributed by atoms with Gasteiger partial charge in [0.1, 0.15) is 6.10 Å². The first-order chi connectivity index (χ1) is 14.5. The second kappa shape index (κ2) is 8.92. The summed E-state index contributed by atoms with van der Waals surface area (Å²) in [6.45, 7) is 2.56. The number of fused-ring (bicyclic) bond motifs is 1. The number of hydrogen-bond donors (Lipinski definition) is 2. The van der Waals surface area contributed by atoms with Crippen molar-refractivity contribution in [1.82, 2.24) is 10.6 Å². The molecular formula is C24H25ClN2O3. The predicted octanol–water partition coefficient (Wildman–Crippen LogP) is 3.99. The summed E-state index contributed by atoms with van der Waals surface area (Å²) >= 11 is 6.02. The van der Waals surface area contributed by atoms with E-state index < -0.39 is 0 Å². The Morgan fingerprint density at radius 1 is 1.23 bits per heavy atom. The van der Waals surface area contributed by atoms with Crippen LogP contribution < -0.4 is 10.6 Å². The van der Waals surface area contributed by atoms with Gasteiger partial charge >= 0.3 is 0 Å². The van der Waals surface area contributed by atoms with Crippen LogP contribution in [0.15, 0.2) is 54.3 Å². The normalized spacial score (nSPS) is 24.5. The molecule has 2 amide bonds. The van der Waals surface area contributed by atoms with E-state index in [0.29, 0.717) is 23.7 Å². The minimum atomic E-state index is -0.253. The molecule has 0 bridgehead atoms. The van der Waals surface area contributed by atoms with Crippen LogP contribution in [0.2, 0.25) is 5.02 Å². The summed E-state index contributed by atoms with van der Waals surface area (Å²) in [6.07, 6.45) is 3.63. The summed E-state index contributed by atoms with van der Waals surface area (Å²) in [5, 5.41) is 6.68. The number of benzene rings is 2. The molecule has 156 valence electrons. The lowest BCUT2D eigenvalue weighted by Crippen LogP contribution is -2.54. The Morgan fingerprint density at radius 2 is 2.07 bits per heavy atom. The highest BCUT2D eigenvalue weighted by Crippen LogP contribution is 2.31. The Kier molecular flexibility index (Phi) is 6.09. The van der Waals surface area contributed by atoms with Crippen LogP contribution in [0.1, 0.15) is 36.0 Å². The summed E-state index contributed by atoms with van der Waals surface area (Å²) in [6, 6.07) is 15.1. The van der Waals surface area contributed by atoms with Gasteiger partial charge in [0.2, 0.25) is 5.91 Å². The van der Waals surface area contributed by atoms with Gasteiger partial charge in [-0.15, -0.1) is 0 Å². The molecule has 0 aromatic heterocycles. The third-order valence-corrected chi connectivity index (χ3v) is 6.07. The second-order valence-corrected chi connectivity index (χ2v) is 8.39. The summed E-state index contributed by atoms with van der Waals surface area (Å²) in [5.41, 5.74) is 3.09. The Balaban J connectivity index is 1.36. The van der Waals surface area contributed by atoms with E-state index in [1.165, 1.54) is 0 Å². The van der Waals surface area contributed by atoms with Crippen molar-refractivity contribution in [3.63, 3.8) is 0 Å². The average Bonchev–Trinajstić information content (AvgIpc) is 2.73. The number of hydrogen-bond acceptors (Lipinski definition) is 3. The maximum Gasteiger partial charge on any atom is 0.286 e. The third-order valence-electron chi connectivity index (χ3n) is 5.84. The zero-order valence-electron chi connectivity index (χ0n) is 16.9. The quantitative estimate of drug-likeness (QED) is 0.729. The SMILES string of the molecule is Cc1ccccc1CNC(=O)C1CCC2O/C(=C/c3cccc(Cl)c3)C(=O)NC2C1. The number of carbonyl (C=O) groups excluding carboxylic acids is 2. The largest absolute Gasteiger partial charge is 0.483 e. The van der Waals surface area contributed by atoms with Gasteiger partial charge in [-0.2, -0.15) is 0 Å². The highest BCUT2D eigenvalue weighted by molar-refractivity contribution is 6.30. The van der Waals surface area contributed by atoms with E-state index in [0.717, 1.165) is 29.5 Å². The number of morpholine rings is 1. The molecule has 2 aromatic carbocycles. The van der Waals surface area contributed by atoms with Crippen LogP contribution in [-0.2, 0) is 20.9 Å². The van der Waals surface area contributed by atoms with E-state index in [-0.39, 0.29) is 29.9 Å². The lowest BCUT2D eigenvalue weighted by atomic mass is 9.82. The fraction of sp³-hybridized carbons (Fsp3) is 0.333. The number of carbonyl (C=O) groups is 2. The van der Waals surface area contributed by atoms with E-state index in [2.05, 4.69) is 10.6 Å². The van der Waals surface area contributed by atoms with E-state index in [1.54, 1.807) is 18.2 Å². The molecule has 1 heterocycles. The molecule has 0 spiro atoms. The van der Waals surface area contributed by atoms with Gasteiger partial charge in [-0.05, 0) is 61.1 Å². The molecule has 5 nitrogen and oxygen atoms in total. The molecule has 2 aromatic rings. The summed E-state index contributed by atoms with van der Waals surface area (Å²) in [7, 11) is 0. The monoisotopic (exact) mass is 424 g/mol. The second-order valence-electron chi connectivity index (χ2n) is 7.95. The van der Waals surface area contributed by atoms with Gasteiger partial charge in [-0.3, -0.25) is 9.59 Å². The molecule has 1 aliphatic heterocycles. The molecule has 2 fully saturated rings. The average molecular weight is 425 g/mol. The first kappa shape index (κ1) is 20.5. The van der Waals surface area contributed by atoms with E-state index in [1.807, 2.05) is 43.3 Å². The number of nitrogens with one attached hydrogen (secondary N) is 2. The van der Waals surface area contributed by atoms with Crippen molar-refractivity contribution >= 4 is 29.5 Å². The first-order valence-corrected chi connectivity index (χ1v) is 10.6. The fourth-order valence-corrected chi connectivity index (χ4v) is 4.31. The molecule has 0 radical (unpaired) electrons. The Bertz CT molecular complexity index is 988. The zero-order chi connectivity index (χ0) is 21.1. The van der Waals surface area contributed by atoms with Gasteiger partial charge in [-0.1, -0.05) is 48.0 Å². The van der Waals surface area contributed by atoms with Gasteiger partial charge in [0.15, 0.2) is 5.76 Å². The van der Waals surface area contributed by atoms with Gasteiger partial charge in [0.25, 0.3) is 5.91 Å². The maximum absolute atomic E-state index is 12.7. The molecule has 2 aliphatic rings. The van der Waals surface area contributed by atoms with Crippen molar-refractivity contribution < 1.29 is 14.3 Å². The van der Waals surface area contributed by atoms with Crippen LogP contribution in [0.5, 0.6) is 0 Å². The van der Waals surface area contributed by atoms with Gasteiger partial charge in [0.05, 0.1) is 6.04 Å². The van der Waals surface area contributed by atoms with Crippen molar-refractivity contribution in [2.75, 3.05) is 0 Å². The first-order valence-electron chi connectivity index (χ1n) is 10.3. The Labute approximate surface area is 181 Å². The molecular weight excluding hydrogens is 400 g/mol. The summed E-state index contributed by atoms with van der Waals surface area (Å²) < 4.78 is 5.99. The Morgan fingerprint density at radius 3 is 2.87 bits per heavy atom. The maximum atomic E-state index is 12.7. The highest BCUT2D eigenvalue weighted by Gasteiger charge is 2.40. The van der Waals surface area contributed by atoms with Gasteiger partial charge < -0.3 is 15.4 Å². The number of halogens is 1. The third kappa shape index (κ3) is 4.68. The number of aryl methyl sites for hydroxylation is 1. The topological polar surface area (TPSA) is 67.4 Å². The lowest BCUT2D eigenvalue weighted by Gasteiger charge is -2.39. The lowest BCUT2D eigenvalue weighted by molar-refractivity contribution is -0.134. The summed E-state index contributed by atoms with van der Waals surface area (Å²) in [5.74, 6) is -0.0537. The molecule has 3 unspecified atom stereocenters. The van der Waals surface area contributed by atoms with E-state index in [9.17, 15) is 9.59 Å². The van der Waals surface area contributed by atoms with Gasteiger partial charge in [-0.25, -0.2) is 0 Å². The molecule has 1 saturated heterocycles. The number of ether oxygens (including phenoxy) is 1. The molecule has 2 N–H and O–H groups in total. The van der Waals surface area contributed by atoms with Crippen LogP contribution in [0.25, 0.3) is 6.08 Å². The van der Waals surface area contributed by atoms with Crippen LogP contribution in [0, 0.1) is 12.8 Å². The van der Waals surface area contributed by atoms with Crippen LogP contribution in [0.4, 0.5) is 0 Å². The smallest absolute Gasteiger partial charge is 0.286 e. The zero-order valence-corrected chi connectivity index (χ0v) is 17.6. The Hall–Kier alpha value is -2.79. The van der Waals surface area contributed by atoms with Crippen LogP contribution >= 0.6 is 11.6 Å². The number of rotatable bonds is 4. The van der Waals surface area contributed by atoms with Crippen molar-refractivity contribution in [3.8, 4) is 0 Å².